The van der Waals surface area contributed by atoms with Crippen molar-refractivity contribution >= 4 is 5.91 Å². The van der Waals surface area contributed by atoms with Crippen LogP contribution in [0.1, 0.15) is 39.5 Å². The first-order valence-corrected chi connectivity index (χ1v) is 6.05. The second-order valence-electron chi connectivity index (χ2n) is 5.90. The van der Waals surface area contributed by atoms with Crippen LogP contribution in [0.4, 0.5) is 0 Å². The lowest BCUT2D eigenvalue weighted by Gasteiger charge is -2.27. The topological polar surface area (TPSA) is 41.1 Å². The molecule has 1 unspecified atom stereocenters. The van der Waals surface area contributed by atoms with Crippen LogP contribution in [0.15, 0.2) is 0 Å². The SMILES string of the molecule is CC1(C)CCC(NC(=O)CC2CNC2)C1. The fourth-order valence-electron chi connectivity index (χ4n) is 2.60. The third kappa shape index (κ3) is 2.94. The summed E-state index contributed by atoms with van der Waals surface area (Å²) in [7, 11) is 0. The quantitative estimate of drug-likeness (QED) is 0.737. The maximum Gasteiger partial charge on any atom is 0.220 e. The van der Waals surface area contributed by atoms with Crippen molar-refractivity contribution in [1.29, 1.82) is 0 Å². The first kappa shape index (κ1) is 10.9. The van der Waals surface area contributed by atoms with Gasteiger partial charge in [-0.3, -0.25) is 4.79 Å². The molecule has 1 aliphatic heterocycles. The molecule has 2 N–H and O–H groups in total. The average molecular weight is 210 g/mol. The van der Waals surface area contributed by atoms with Crippen LogP contribution in [-0.4, -0.2) is 25.0 Å². The van der Waals surface area contributed by atoms with Gasteiger partial charge in [-0.25, -0.2) is 0 Å². The van der Waals surface area contributed by atoms with Crippen molar-refractivity contribution in [3.63, 3.8) is 0 Å². The minimum atomic E-state index is 0.254. The summed E-state index contributed by atoms with van der Waals surface area (Å²) in [6.07, 6.45) is 4.25. The number of hydrogen-bond acceptors (Lipinski definition) is 2. The molecule has 1 amide bonds. The van der Waals surface area contributed by atoms with Gasteiger partial charge in [0.15, 0.2) is 0 Å². The van der Waals surface area contributed by atoms with E-state index in [1.807, 2.05) is 0 Å². The smallest absolute Gasteiger partial charge is 0.220 e. The Morgan fingerprint density at radius 3 is 2.67 bits per heavy atom. The zero-order valence-corrected chi connectivity index (χ0v) is 9.81. The summed E-state index contributed by atoms with van der Waals surface area (Å²) in [5, 5.41) is 6.36. The van der Waals surface area contributed by atoms with Gasteiger partial charge < -0.3 is 10.6 Å². The summed E-state index contributed by atoms with van der Waals surface area (Å²) >= 11 is 0. The Morgan fingerprint density at radius 1 is 1.47 bits per heavy atom. The first-order valence-electron chi connectivity index (χ1n) is 6.05. The van der Waals surface area contributed by atoms with E-state index in [1.165, 1.54) is 6.42 Å². The second-order valence-corrected chi connectivity index (χ2v) is 5.90. The molecule has 86 valence electrons. The minimum absolute atomic E-state index is 0.254. The van der Waals surface area contributed by atoms with Crippen molar-refractivity contribution in [2.75, 3.05) is 13.1 Å². The monoisotopic (exact) mass is 210 g/mol. The van der Waals surface area contributed by atoms with Gasteiger partial charge in [0.05, 0.1) is 0 Å². The van der Waals surface area contributed by atoms with Crippen LogP contribution in [0.2, 0.25) is 0 Å². The molecule has 0 bridgehead atoms. The molecule has 1 aliphatic carbocycles. The number of hydrogen-bond donors (Lipinski definition) is 2. The van der Waals surface area contributed by atoms with Crippen molar-refractivity contribution in [2.24, 2.45) is 11.3 Å². The average Bonchev–Trinajstić information content (AvgIpc) is 2.38. The zero-order chi connectivity index (χ0) is 10.9. The highest BCUT2D eigenvalue weighted by Gasteiger charge is 2.32. The van der Waals surface area contributed by atoms with Gasteiger partial charge in [-0.2, -0.15) is 0 Å². The summed E-state index contributed by atoms with van der Waals surface area (Å²) in [5.74, 6) is 0.837. The second kappa shape index (κ2) is 4.12. The molecular formula is C12H22N2O. The van der Waals surface area contributed by atoms with Crippen LogP contribution in [0, 0.1) is 11.3 Å². The predicted molar refractivity (Wildman–Crippen MR) is 60.5 cm³/mol. The molecule has 1 saturated heterocycles. The summed E-state index contributed by atoms with van der Waals surface area (Å²) in [6.45, 7) is 6.61. The molecular weight excluding hydrogens is 188 g/mol. The fourth-order valence-corrected chi connectivity index (χ4v) is 2.60. The lowest BCUT2D eigenvalue weighted by atomic mass is 9.92. The highest BCUT2D eigenvalue weighted by atomic mass is 16.1. The maximum absolute atomic E-state index is 11.7. The van der Waals surface area contributed by atoms with E-state index < -0.39 is 0 Å². The van der Waals surface area contributed by atoms with Crippen LogP contribution in [0.25, 0.3) is 0 Å². The number of amides is 1. The molecule has 1 saturated carbocycles. The molecule has 0 radical (unpaired) electrons. The molecule has 1 atom stereocenters. The molecule has 2 fully saturated rings. The van der Waals surface area contributed by atoms with Crippen molar-refractivity contribution in [3.8, 4) is 0 Å². The molecule has 2 aliphatic rings. The summed E-state index contributed by atoms with van der Waals surface area (Å²) in [5.41, 5.74) is 0.427. The lowest BCUT2D eigenvalue weighted by molar-refractivity contribution is -0.123. The molecule has 0 aromatic carbocycles. The molecule has 0 spiro atoms. The standard InChI is InChI=1S/C12H22N2O/c1-12(2)4-3-10(6-12)14-11(15)5-9-7-13-8-9/h9-10,13H,3-8H2,1-2H3,(H,14,15). The van der Waals surface area contributed by atoms with Gasteiger partial charge in [-0.15, -0.1) is 0 Å². The third-order valence-corrected chi connectivity index (χ3v) is 3.67. The van der Waals surface area contributed by atoms with Crippen LogP contribution in [0.3, 0.4) is 0 Å². The third-order valence-electron chi connectivity index (χ3n) is 3.67. The molecule has 0 aromatic rings. The Balaban J connectivity index is 1.70. The first-order chi connectivity index (χ1) is 7.05. The van der Waals surface area contributed by atoms with E-state index in [9.17, 15) is 4.79 Å². The molecule has 1 heterocycles. The molecule has 2 rings (SSSR count). The van der Waals surface area contributed by atoms with Gasteiger partial charge in [-0.1, -0.05) is 13.8 Å². The largest absolute Gasteiger partial charge is 0.353 e. The Hall–Kier alpha value is -0.570. The van der Waals surface area contributed by atoms with Crippen LogP contribution in [0.5, 0.6) is 0 Å². The van der Waals surface area contributed by atoms with E-state index in [1.54, 1.807) is 0 Å². The van der Waals surface area contributed by atoms with Crippen molar-refractivity contribution in [3.05, 3.63) is 0 Å². The number of carbonyl (C=O) groups is 1. The van der Waals surface area contributed by atoms with Gasteiger partial charge >= 0.3 is 0 Å². The zero-order valence-electron chi connectivity index (χ0n) is 9.81. The molecule has 3 nitrogen and oxygen atoms in total. The highest BCUT2D eigenvalue weighted by molar-refractivity contribution is 5.76. The summed E-state index contributed by atoms with van der Waals surface area (Å²) in [4.78, 5) is 11.7. The van der Waals surface area contributed by atoms with Gasteiger partial charge in [0, 0.05) is 12.5 Å². The molecule has 15 heavy (non-hydrogen) atoms. The number of nitrogens with one attached hydrogen (secondary N) is 2. The predicted octanol–water partition coefficient (Wildman–Crippen LogP) is 1.29. The highest BCUT2D eigenvalue weighted by Crippen LogP contribution is 2.36. The molecule has 3 heteroatoms. The van der Waals surface area contributed by atoms with Crippen LogP contribution < -0.4 is 10.6 Å². The Bertz CT molecular complexity index is 246. The van der Waals surface area contributed by atoms with E-state index in [0.29, 0.717) is 23.8 Å². The van der Waals surface area contributed by atoms with Crippen LogP contribution in [-0.2, 0) is 4.79 Å². The van der Waals surface area contributed by atoms with E-state index in [4.69, 9.17) is 0 Å². The van der Waals surface area contributed by atoms with Crippen molar-refractivity contribution in [1.82, 2.24) is 10.6 Å². The normalized spacial score (nSPS) is 29.9. The fraction of sp³-hybridized carbons (Fsp3) is 0.917. The van der Waals surface area contributed by atoms with Crippen molar-refractivity contribution < 1.29 is 4.79 Å². The molecule has 0 aromatic heterocycles. The van der Waals surface area contributed by atoms with E-state index in [2.05, 4.69) is 24.5 Å². The van der Waals surface area contributed by atoms with E-state index in [-0.39, 0.29) is 5.91 Å². The van der Waals surface area contributed by atoms with Gasteiger partial charge in [0.2, 0.25) is 5.91 Å². The Kier molecular flexibility index (Phi) is 3.01. The minimum Gasteiger partial charge on any atom is -0.353 e. The van der Waals surface area contributed by atoms with Gasteiger partial charge in [0.25, 0.3) is 0 Å². The Morgan fingerprint density at radius 2 is 2.20 bits per heavy atom. The number of carbonyl (C=O) groups excluding carboxylic acids is 1. The lowest BCUT2D eigenvalue weighted by Crippen LogP contribution is -2.45. The maximum atomic E-state index is 11.7. The van der Waals surface area contributed by atoms with Crippen molar-refractivity contribution in [2.45, 2.75) is 45.6 Å². The van der Waals surface area contributed by atoms with E-state index >= 15 is 0 Å². The Labute approximate surface area is 92.0 Å². The van der Waals surface area contributed by atoms with Gasteiger partial charge in [0.1, 0.15) is 0 Å². The summed E-state index contributed by atoms with van der Waals surface area (Å²) in [6, 6.07) is 0.431. The van der Waals surface area contributed by atoms with Crippen LogP contribution >= 0.6 is 0 Å². The van der Waals surface area contributed by atoms with Gasteiger partial charge in [-0.05, 0) is 43.7 Å². The van der Waals surface area contributed by atoms with E-state index in [0.717, 1.165) is 25.9 Å². The number of rotatable bonds is 3. The summed E-state index contributed by atoms with van der Waals surface area (Å²) < 4.78 is 0.